The number of nitro groups is 1. The van der Waals surface area contributed by atoms with E-state index < -0.39 is 4.92 Å². The maximum Gasteiger partial charge on any atom is 0.270 e. The SMILES string of the molecule is CC(=O)Nc1ccccc1C1CCN(C(=C=O)CCN(C(=O)c2cccc([N+](=O)[O-])c2)c2ccccc2)CC1. The molecule has 3 aromatic rings. The minimum Gasteiger partial charge on any atom is -0.366 e. The molecule has 0 unspecified atom stereocenters. The van der Waals surface area contributed by atoms with E-state index in [9.17, 15) is 24.5 Å². The Morgan fingerprint density at radius 1 is 1.03 bits per heavy atom. The van der Waals surface area contributed by atoms with Crippen LogP contribution in [-0.2, 0) is 9.59 Å². The summed E-state index contributed by atoms with van der Waals surface area (Å²) in [6, 6.07) is 22.4. The maximum atomic E-state index is 13.5. The van der Waals surface area contributed by atoms with Crippen LogP contribution in [0.15, 0.2) is 84.6 Å². The van der Waals surface area contributed by atoms with Gasteiger partial charge in [0.05, 0.1) is 4.92 Å². The molecule has 0 saturated carbocycles. The molecule has 200 valence electrons. The van der Waals surface area contributed by atoms with Gasteiger partial charge in [0.1, 0.15) is 11.6 Å². The minimum atomic E-state index is -0.533. The van der Waals surface area contributed by atoms with Gasteiger partial charge >= 0.3 is 0 Å². The molecule has 0 atom stereocenters. The predicted molar refractivity (Wildman–Crippen MR) is 149 cm³/mol. The molecule has 1 aliphatic rings. The molecule has 9 nitrogen and oxygen atoms in total. The lowest BCUT2D eigenvalue weighted by Gasteiger charge is -2.35. The normalized spacial score (nSPS) is 13.3. The number of anilines is 2. The predicted octanol–water partition coefficient (Wildman–Crippen LogP) is 5.19. The van der Waals surface area contributed by atoms with Crippen molar-refractivity contribution in [2.75, 3.05) is 29.9 Å². The van der Waals surface area contributed by atoms with Crippen LogP contribution < -0.4 is 10.2 Å². The van der Waals surface area contributed by atoms with Gasteiger partial charge in [0, 0.05) is 62.0 Å². The van der Waals surface area contributed by atoms with Gasteiger partial charge in [0.25, 0.3) is 11.6 Å². The van der Waals surface area contributed by atoms with Crippen molar-refractivity contribution in [2.45, 2.75) is 32.1 Å². The van der Waals surface area contributed by atoms with E-state index >= 15 is 0 Å². The number of piperidine rings is 1. The first-order valence-electron chi connectivity index (χ1n) is 12.8. The molecule has 1 heterocycles. The Kier molecular flexibility index (Phi) is 8.86. The number of benzene rings is 3. The molecular weight excluding hydrogens is 496 g/mol. The summed E-state index contributed by atoms with van der Waals surface area (Å²) in [5, 5.41) is 14.1. The Hall–Kier alpha value is -4.75. The minimum absolute atomic E-state index is 0.117. The van der Waals surface area contributed by atoms with Crippen LogP contribution in [0.4, 0.5) is 17.1 Å². The molecule has 0 bridgehead atoms. The van der Waals surface area contributed by atoms with E-state index in [1.807, 2.05) is 47.4 Å². The molecule has 3 aromatic carbocycles. The van der Waals surface area contributed by atoms with Crippen molar-refractivity contribution >= 4 is 34.8 Å². The second kappa shape index (κ2) is 12.7. The first-order chi connectivity index (χ1) is 18.9. The first-order valence-corrected chi connectivity index (χ1v) is 12.8. The van der Waals surface area contributed by atoms with Gasteiger partial charge in [-0.25, -0.2) is 4.79 Å². The number of likely N-dealkylation sites (tertiary alicyclic amines) is 1. The molecule has 9 heteroatoms. The number of amides is 2. The average molecular weight is 527 g/mol. The molecule has 0 aromatic heterocycles. The fourth-order valence-corrected chi connectivity index (χ4v) is 4.97. The van der Waals surface area contributed by atoms with E-state index in [2.05, 4.69) is 11.3 Å². The Bertz CT molecular complexity index is 1390. The van der Waals surface area contributed by atoms with E-state index in [1.54, 1.807) is 18.2 Å². The zero-order valence-electron chi connectivity index (χ0n) is 21.7. The van der Waals surface area contributed by atoms with Crippen molar-refractivity contribution in [1.29, 1.82) is 0 Å². The molecule has 39 heavy (non-hydrogen) atoms. The van der Waals surface area contributed by atoms with Crippen LogP contribution in [-0.4, -0.2) is 47.2 Å². The lowest BCUT2D eigenvalue weighted by atomic mass is 9.88. The van der Waals surface area contributed by atoms with Gasteiger partial charge in [-0.1, -0.05) is 42.5 Å². The molecule has 2 amide bonds. The molecule has 0 radical (unpaired) electrons. The smallest absolute Gasteiger partial charge is 0.270 e. The summed E-state index contributed by atoms with van der Waals surface area (Å²) in [7, 11) is 0. The molecule has 4 rings (SSSR count). The molecule has 0 spiro atoms. The fourth-order valence-electron chi connectivity index (χ4n) is 4.97. The quantitative estimate of drug-likeness (QED) is 0.233. The van der Waals surface area contributed by atoms with E-state index in [-0.39, 0.29) is 41.9 Å². The summed E-state index contributed by atoms with van der Waals surface area (Å²) >= 11 is 0. The summed E-state index contributed by atoms with van der Waals surface area (Å²) in [5.74, 6) is 1.82. The highest BCUT2D eigenvalue weighted by molar-refractivity contribution is 6.06. The topological polar surface area (TPSA) is 113 Å². The lowest BCUT2D eigenvalue weighted by molar-refractivity contribution is -0.384. The molecule has 1 fully saturated rings. The highest BCUT2D eigenvalue weighted by Gasteiger charge is 2.26. The van der Waals surface area contributed by atoms with E-state index in [0.717, 1.165) is 24.1 Å². The van der Waals surface area contributed by atoms with E-state index in [0.29, 0.717) is 24.5 Å². The van der Waals surface area contributed by atoms with Gasteiger partial charge in [-0.2, -0.15) is 0 Å². The number of carbonyl (C=O) groups excluding carboxylic acids is 3. The summed E-state index contributed by atoms with van der Waals surface area (Å²) < 4.78 is 0. The molecule has 1 aliphatic heterocycles. The number of nitrogens with one attached hydrogen (secondary N) is 1. The number of carbonyl (C=O) groups is 2. The monoisotopic (exact) mass is 526 g/mol. The first kappa shape index (κ1) is 27.3. The Morgan fingerprint density at radius 2 is 1.72 bits per heavy atom. The molecule has 1 saturated heterocycles. The number of nitrogens with zero attached hydrogens (tertiary/aromatic N) is 3. The zero-order chi connectivity index (χ0) is 27.8. The van der Waals surface area contributed by atoms with Crippen LogP contribution in [0.2, 0.25) is 0 Å². The van der Waals surface area contributed by atoms with Gasteiger partial charge < -0.3 is 15.1 Å². The van der Waals surface area contributed by atoms with Crippen molar-refractivity contribution < 1.29 is 19.3 Å². The highest BCUT2D eigenvalue weighted by Crippen LogP contribution is 2.34. The van der Waals surface area contributed by atoms with Crippen LogP contribution in [0.1, 0.15) is 48.0 Å². The van der Waals surface area contributed by atoms with Gasteiger partial charge in [-0.05, 0) is 48.6 Å². The van der Waals surface area contributed by atoms with Gasteiger partial charge in [-0.3, -0.25) is 19.7 Å². The van der Waals surface area contributed by atoms with Crippen LogP contribution in [0, 0.1) is 10.1 Å². The number of rotatable bonds is 9. The Morgan fingerprint density at radius 3 is 2.38 bits per heavy atom. The van der Waals surface area contributed by atoms with Crippen molar-refractivity contribution in [3.8, 4) is 0 Å². The van der Waals surface area contributed by atoms with Crippen LogP contribution in [0.3, 0.4) is 0 Å². The summed E-state index contributed by atoms with van der Waals surface area (Å²) in [6.45, 7) is 2.99. The van der Waals surface area contributed by atoms with Crippen LogP contribution >= 0.6 is 0 Å². The third kappa shape index (κ3) is 6.77. The summed E-state index contributed by atoms with van der Waals surface area (Å²) in [5.41, 5.74) is 3.05. The summed E-state index contributed by atoms with van der Waals surface area (Å²) in [6.07, 6.45) is 1.89. The number of non-ortho nitro benzene ring substituents is 1. The zero-order valence-corrected chi connectivity index (χ0v) is 21.7. The number of hydrogen-bond acceptors (Lipinski definition) is 6. The lowest BCUT2D eigenvalue weighted by Crippen LogP contribution is -2.36. The van der Waals surface area contributed by atoms with Crippen LogP contribution in [0.5, 0.6) is 0 Å². The Labute approximate surface area is 226 Å². The summed E-state index contributed by atoms with van der Waals surface area (Å²) in [4.78, 5) is 51.3. The maximum absolute atomic E-state index is 13.5. The van der Waals surface area contributed by atoms with Crippen molar-refractivity contribution in [3.63, 3.8) is 0 Å². The van der Waals surface area contributed by atoms with Crippen LogP contribution in [0.25, 0.3) is 0 Å². The van der Waals surface area contributed by atoms with E-state index in [4.69, 9.17) is 0 Å². The largest absolute Gasteiger partial charge is 0.366 e. The molecule has 0 aliphatic carbocycles. The number of hydrogen-bond donors (Lipinski definition) is 1. The number of nitro benzene ring substituents is 1. The second-order valence-electron chi connectivity index (χ2n) is 9.43. The van der Waals surface area contributed by atoms with Gasteiger partial charge in [-0.15, -0.1) is 0 Å². The Balaban J connectivity index is 1.46. The van der Waals surface area contributed by atoms with Gasteiger partial charge in [0.2, 0.25) is 5.91 Å². The van der Waals surface area contributed by atoms with E-state index in [1.165, 1.54) is 30.0 Å². The van der Waals surface area contributed by atoms with Crippen molar-refractivity contribution in [3.05, 3.63) is 106 Å². The third-order valence-electron chi connectivity index (χ3n) is 6.89. The molecular formula is C30H30N4O5. The third-order valence-corrected chi connectivity index (χ3v) is 6.89. The second-order valence-corrected chi connectivity index (χ2v) is 9.43. The molecule has 1 N–H and O–H groups in total. The average Bonchev–Trinajstić information content (AvgIpc) is 2.96. The van der Waals surface area contributed by atoms with Crippen molar-refractivity contribution in [1.82, 2.24) is 4.90 Å². The standard InChI is InChI=1S/C30H30N4O5/c1-22(36)31-29-13-6-5-12-28(29)23-14-17-32(18-15-23)27(21-35)16-19-33(25-9-3-2-4-10-25)30(37)24-8-7-11-26(20-24)34(38)39/h2-13,20,23H,14-19H2,1H3,(H,31,36). The van der Waals surface area contributed by atoms with Gasteiger partial charge in [0.15, 0.2) is 0 Å². The fraction of sp³-hybridized carbons (Fsp3) is 0.267. The highest BCUT2D eigenvalue weighted by atomic mass is 16.6. The number of para-hydroxylation sites is 2. The van der Waals surface area contributed by atoms with Crippen molar-refractivity contribution in [2.24, 2.45) is 0 Å².